The highest BCUT2D eigenvalue weighted by Gasteiger charge is 2.39. The van der Waals surface area contributed by atoms with Gasteiger partial charge in [0, 0.05) is 12.1 Å². The van der Waals surface area contributed by atoms with E-state index in [-0.39, 0.29) is 16.3 Å². The van der Waals surface area contributed by atoms with Gasteiger partial charge in [0.05, 0.1) is 26.9 Å². The number of halogens is 1. The molecular weight excluding hydrogens is 527 g/mol. The zero-order valence-corrected chi connectivity index (χ0v) is 18.4. The first kappa shape index (κ1) is 21.8. The van der Waals surface area contributed by atoms with Crippen molar-refractivity contribution in [2.45, 2.75) is 11.8 Å². The van der Waals surface area contributed by atoms with E-state index in [4.69, 9.17) is 2.51 Å². The van der Waals surface area contributed by atoms with E-state index in [1.165, 1.54) is 60.7 Å². The molecule has 3 aromatic carbocycles. The Hall–Kier alpha value is -2.90. The quantitative estimate of drug-likeness (QED) is 0.245. The molecule has 0 unspecified atom stereocenters. The van der Waals surface area contributed by atoms with Crippen molar-refractivity contribution in [1.82, 2.24) is 0 Å². The van der Waals surface area contributed by atoms with Gasteiger partial charge in [-0.1, -0.05) is 29.8 Å². The van der Waals surface area contributed by atoms with Gasteiger partial charge in [-0.3, -0.25) is 20.2 Å². The third-order valence-corrected chi connectivity index (χ3v) is 11.1. The van der Waals surface area contributed by atoms with E-state index in [1.807, 2.05) is 6.92 Å². The van der Waals surface area contributed by atoms with E-state index in [0.717, 1.165) is 5.56 Å². The molecule has 155 valence electrons. The predicted molar refractivity (Wildman–Crippen MR) is 103 cm³/mol. The number of aryl methyl sites for hydroxylation is 1. The van der Waals surface area contributed by atoms with Gasteiger partial charge in [-0.2, -0.15) is 8.42 Å². The minimum absolute atomic E-state index is 0.0636. The molecule has 0 saturated heterocycles. The highest BCUT2D eigenvalue weighted by molar-refractivity contribution is 7.86. The molecule has 3 aromatic rings. The number of hydrogen-bond donors (Lipinski definition) is 0. The maximum Gasteiger partial charge on any atom is 0.336 e. The average molecular weight is 542 g/mol. The number of non-ortho nitro benzene ring substituents is 2. The lowest BCUT2D eigenvalue weighted by atomic mass is 10.2. The molecule has 1 radical (unpaired) electrons. The molecule has 0 atom stereocenters. The van der Waals surface area contributed by atoms with E-state index in [2.05, 4.69) is 0 Å². The monoisotopic (exact) mass is 542 g/mol. The lowest BCUT2D eigenvalue weighted by Gasteiger charge is -2.06. The van der Waals surface area contributed by atoms with Crippen LogP contribution < -0.4 is 20.2 Å². The molecule has 0 aliphatic carbocycles. The van der Waals surface area contributed by atoms with E-state index in [0.29, 0.717) is 7.14 Å². The third kappa shape index (κ3) is 4.98. The molecule has 0 N–H and O–H groups in total. The second-order valence-corrected chi connectivity index (χ2v) is 12.5. The van der Waals surface area contributed by atoms with Crippen molar-refractivity contribution in [1.29, 1.82) is 0 Å². The van der Waals surface area contributed by atoms with Crippen molar-refractivity contribution in [2.24, 2.45) is 0 Å². The summed E-state index contributed by atoms with van der Waals surface area (Å²) in [5.41, 5.74) is 0.412. The number of nitro groups is 2. The summed E-state index contributed by atoms with van der Waals surface area (Å²) in [6.07, 6.45) is 0. The zero-order valence-electron chi connectivity index (χ0n) is 15.5. The molecule has 9 nitrogen and oxygen atoms in total. The second-order valence-electron chi connectivity index (χ2n) is 6.05. The summed E-state index contributed by atoms with van der Waals surface area (Å²) in [5.74, 6) is 0. The summed E-state index contributed by atoms with van der Waals surface area (Å²) >= 11 is -3.32. The Morgan fingerprint density at radius 2 is 1.27 bits per heavy atom. The maximum atomic E-state index is 12.9. The van der Waals surface area contributed by atoms with E-state index < -0.39 is 40.2 Å². The van der Waals surface area contributed by atoms with E-state index in [1.54, 1.807) is 12.1 Å². The Morgan fingerprint density at radius 3 is 1.70 bits per heavy atom. The molecule has 30 heavy (non-hydrogen) atoms. The highest BCUT2D eigenvalue weighted by atomic mass is 127. The minimum Gasteiger partial charge on any atom is -0.258 e. The Labute approximate surface area is 179 Å². The minimum atomic E-state index is -4.21. The number of nitro benzene ring substituents is 2. The van der Waals surface area contributed by atoms with Gasteiger partial charge in [-0.05, 0) is 33.7 Å². The lowest BCUT2D eigenvalue weighted by Crippen LogP contribution is -3.85. The molecule has 0 fully saturated rings. The van der Waals surface area contributed by atoms with Gasteiger partial charge in [0.2, 0.25) is 0 Å². The van der Waals surface area contributed by atoms with Crippen LogP contribution in [0.15, 0.2) is 77.7 Å². The fraction of sp³-hybridized carbons (Fsp3) is 0.0526. The van der Waals surface area contributed by atoms with E-state index >= 15 is 0 Å². The second kappa shape index (κ2) is 8.85. The van der Waals surface area contributed by atoms with Gasteiger partial charge in [-0.25, -0.2) is 0 Å². The molecule has 0 amide bonds. The molecular formula is C19H15IN2O7S+. The molecule has 0 saturated carbocycles. The summed E-state index contributed by atoms with van der Waals surface area (Å²) < 4.78 is 32.0. The molecule has 0 aliphatic rings. The van der Waals surface area contributed by atoms with Crippen LogP contribution in [-0.2, 0) is 12.6 Å². The summed E-state index contributed by atoms with van der Waals surface area (Å²) in [7, 11) is -4.21. The predicted octanol–water partition coefficient (Wildman–Crippen LogP) is 0.796. The van der Waals surface area contributed by atoms with Crippen molar-refractivity contribution in [2.75, 3.05) is 0 Å². The highest BCUT2D eigenvalue weighted by Crippen LogP contribution is 2.13. The van der Waals surface area contributed by atoms with Crippen LogP contribution in [0.5, 0.6) is 0 Å². The smallest absolute Gasteiger partial charge is 0.258 e. The average Bonchev–Trinajstić information content (AvgIpc) is 2.72. The topological polar surface area (TPSA) is 130 Å². The van der Waals surface area contributed by atoms with Crippen LogP contribution in [0.1, 0.15) is 5.56 Å². The third-order valence-electron chi connectivity index (χ3n) is 3.89. The molecule has 3 rings (SSSR count). The number of hydrogen-bond acceptors (Lipinski definition) is 7. The fourth-order valence-electron chi connectivity index (χ4n) is 2.42. The van der Waals surface area contributed by atoms with E-state index in [9.17, 15) is 28.6 Å². The van der Waals surface area contributed by atoms with Crippen LogP contribution in [-0.4, -0.2) is 18.3 Å². The van der Waals surface area contributed by atoms with Gasteiger partial charge < -0.3 is 0 Å². The van der Waals surface area contributed by atoms with Gasteiger partial charge >= 0.3 is 30.4 Å². The molecule has 0 bridgehead atoms. The Balaban J connectivity index is 2.11. The first-order chi connectivity index (χ1) is 14.2. The Kier molecular flexibility index (Phi) is 6.43. The van der Waals surface area contributed by atoms with Crippen molar-refractivity contribution >= 4 is 21.5 Å². The Bertz CT molecular complexity index is 1160. The zero-order chi connectivity index (χ0) is 21.9. The van der Waals surface area contributed by atoms with Crippen LogP contribution in [0.2, 0.25) is 0 Å². The molecule has 0 heterocycles. The first-order valence-corrected chi connectivity index (χ1v) is 12.8. The lowest BCUT2D eigenvalue weighted by molar-refractivity contribution is -1.03. The van der Waals surface area contributed by atoms with Crippen LogP contribution in [0.4, 0.5) is 11.4 Å². The summed E-state index contributed by atoms with van der Waals surface area (Å²) in [6.45, 7) is 1.81. The SMILES string of the molecule is Cc1ccc(S(=O)(=O)O[I+](c2cccc([N+](=O)[O-])c2)c2cccc([N+](=O)[O-])c2)cc1. The summed E-state index contributed by atoms with van der Waals surface area (Å²) in [4.78, 5) is 21.1. The van der Waals surface area contributed by atoms with Gasteiger partial charge in [0.15, 0.2) is 7.14 Å². The van der Waals surface area contributed by atoms with Crippen molar-refractivity contribution < 1.29 is 41.0 Å². The normalized spacial score (nSPS) is 11.4. The summed E-state index contributed by atoms with van der Waals surface area (Å²) in [5, 5.41) is 22.3. The Morgan fingerprint density at radius 1 is 0.800 bits per heavy atom. The standard InChI is InChI=1S/C19H15IN2O7S/c1-14-8-10-19(11-9-14)30(27,28)29-20(15-4-2-6-17(12-15)21(23)24)16-5-3-7-18(13-16)22(25)26/h2-13H,1H3/q+1. The fourth-order valence-corrected chi connectivity index (χ4v) is 9.55. The number of rotatable bonds is 7. The van der Waals surface area contributed by atoms with Gasteiger partial charge in [0.1, 0.15) is 0 Å². The van der Waals surface area contributed by atoms with Crippen LogP contribution in [0, 0.1) is 34.3 Å². The largest absolute Gasteiger partial charge is 0.336 e. The first-order valence-electron chi connectivity index (χ1n) is 8.38. The van der Waals surface area contributed by atoms with Crippen molar-refractivity contribution in [3.63, 3.8) is 0 Å². The number of benzene rings is 3. The van der Waals surface area contributed by atoms with Crippen LogP contribution in [0.3, 0.4) is 0 Å². The molecule has 0 spiro atoms. The molecule has 11 heteroatoms. The summed E-state index contributed by atoms with van der Waals surface area (Å²) in [6, 6.07) is 17.0. The van der Waals surface area contributed by atoms with Crippen molar-refractivity contribution in [3.05, 3.63) is 106 Å². The van der Waals surface area contributed by atoms with Gasteiger partial charge in [-0.15, -0.1) is 0 Å². The maximum absolute atomic E-state index is 12.9. The number of nitrogens with zero attached hydrogens (tertiary/aromatic N) is 2. The van der Waals surface area contributed by atoms with Crippen molar-refractivity contribution in [3.8, 4) is 0 Å². The van der Waals surface area contributed by atoms with Crippen LogP contribution in [0.25, 0.3) is 0 Å². The molecule has 0 aromatic heterocycles. The van der Waals surface area contributed by atoms with Gasteiger partial charge in [0.25, 0.3) is 11.4 Å². The van der Waals surface area contributed by atoms with Crippen LogP contribution >= 0.6 is 0 Å². The molecule has 0 aliphatic heterocycles.